The zero-order valence-corrected chi connectivity index (χ0v) is 14.7. The van der Waals surface area contributed by atoms with E-state index in [1.54, 1.807) is 0 Å². The van der Waals surface area contributed by atoms with E-state index in [9.17, 15) is 0 Å². The minimum atomic E-state index is 1.10. The van der Waals surface area contributed by atoms with Gasteiger partial charge in [0.2, 0.25) is 5.95 Å². The molecule has 1 saturated heterocycles. The maximum atomic E-state index is 5.01. The van der Waals surface area contributed by atoms with E-state index in [2.05, 4.69) is 48.3 Å². The fraction of sp³-hybridized carbons (Fsp3) is 0.533. The molecule has 0 radical (unpaired) electrons. The van der Waals surface area contributed by atoms with Gasteiger partial charge in [0.05, 0.1) is 11.0 Å². The first-order chi connectivity index (χ1) is 9.68. The highest BCUT2D eigenvalue weighted by molar-refractivity contribution is 9.13. The molecule has 1 aromatic heterocycles. The highest BCUT2D eigenvalue weighted by Gasteiger charge is 2.27. The van der Waals surface area contributed by atoms with Gasteiger partial charge < -0.3 is 9.47 Å². The molecule has 0 atom stereocenters. The summed E-state index contributed by atoms with van der Waals surface area (Å²) in [5.74, 6) is 1.19. The van der Waals surface area contributed by atoms with Crippen LogP contribution in [0.5, 0.6) is 0 Å². The SMILES string of the molecule is Cc1c(Br)c(Br)c2c3c1nc(N1CCCC1)n3CCC2. The standard InChI is InChI=1S/C15H17Br2N3/c1-9-11(16)12(17)10-5-4-8-20-14(10)13(9)18-15(20)19-6-2-3-7-19/h2-8H2,1H3. The fourth-order valence-electron chi connectivity index (χ4n) is 3.53. The molecule has 0 unspecified atom stereocenters. The van der Waals surface area contributed by atoms with E-state index in [-0.39, 0.29) is 0 Å². The maximum absolute atomic E-state index is 5.01. The van der Waals surface area contributed by atoms with Crippen LogP contribution in [-0.4, -0.2) is 22.6 Å². The first-order valence-electron chi connectivity index (χ1n) is 7.30. The summed E-state index contributed by atoms with van der Waals surface area (Å²) in [6.45, 7) is 5.57. The number of benzene rings is 1. The van der Waals surface area contributed by atoms with Crippen LogP contribution in [-0.2, 0) is 13.0 Å². The molecule has 2 aliphatic rings. The molecule has 5 heteroatoms. The predicted octanol–water partition coefficient (Wildman–Crippen LogP) is 4.42. The lowest BCUT2D eigenvalue weighted by Crippen LogP contribution is -2.23. The van der Waals surface area contributed by atoms with Gasteiger partial charge in [-0.15, -0.1) is 0 Å². The Morgan fingerprint density at radius 2 is 1.75 bits per heavy atom. The Kier molecular flexibility index (Phi) is 3.11. The van der Waals surface area contributed by atoms with Crippen molar-refractivity contribution < 1.29 is 0 Å². The molecular weight excluding hydrogens is 382 g/mol. The average molecular weight is 399 g/mol. The molecule has 3 heterocycles. The third kappa shape index (κ3) is 1.72. The van der Waals surface area contributed by atoms with E-state index in [0.29, 0.717) is 0 Å². The molecule has 1 aromatic carbocycles. The van der Waals surface area contributed by atoms with E-state index in [1.165, 1.54) is 56.3 Å². The molecule has 2 aliphatic heterocycles. The summed E-state index contributed by atoms with van der Waals surface area (Å²) in [6, 6.07) is 0. The van der Waals surface area contributed by atoms with E-state index in [1.807, 2.05) is 0 Å². The van der Waals surface area contributed by atoms with E-state index >= 15 is 0 Å². The van der Waals surface area contributed by atoms with Crippen LogP contribution in [0.15, 0.2) is 8.95 Å². The van der Waals surface area contributed by atoms with Crippen molar-refractivity contribution in [2.45, 2.75) is 39.2 Å². The second kappa shape index (κ2) is 4.73. The summed E-state index contributed by atoms with van der Waals surface area (Å²) in [4.78, 5) is 7.46. The normalized spacial score (nSPS) is 18.2. The molecule has 0 aliphatic carbocycles. The summed E-state index contributed by atoms with van der Waals surface area (Å²) in [7, 11) is 0. The first-order valence-corrected chi connectivity index (χ1v) is 8.88. The smallest absolute Gasteiger partial charge is 0.206 e. The van der Waals surface area contributed by atoms with Gasteiger partial charge in [-0.2, -0.15) is 0 Å². The summed E-state index contributed by atoms with van der Waals surface area (Å²) >= 11 is 7.50. The molecule has 2 aromatic rings. The Morgan fingerprint density at radius 1 is 1.00 bits per heavy atom. The van der Waals surface area contributed by atoms with Crippen molar-refractivity contribution in [2.24, 2.45) is 0 Å². The summed E-state index contributed by atoms with van der Waals surface area (Å²) in [5, 5.41) is 0. The number of rotatable bonds is 1. The van der Waals surface area contributed by atoms with Gasteiger partial charge >= 0.3 is 0 Å². The first kappa shape index (κ1) is 13.1. The molecule has 0 saturated carbocycles. The Bertz CT molecular complexity index is 699. The highest BCUT2D eigenvalue weighted by atomic mass is 79.9. The van der Waals surface area contributed by atoms with Crippen molar-refractivity contribution in [3.63, 3.8) is 0 Å². The quantitative estimate of drug-likeness (QED) is 0.709. The molecule has 0 N–H and O–H groups in total. The zero-order chi connectivity index (χ0) is 13.9. The number of hydrogen-bond donors (Lipinski definition) is 0. The second-order valence-electron chi connectivity index (χ2n) is 5.79. The van der Waals surface area contributed by atoms with Crippen LogP contribution in [0.1, 0.15) is 30.4 Å². The summed E-state index contributed by atoms with van der Waals surface area (Å²) in [6.07, 6.45) is 4.93. The molecule has 20 heavy (non-hydrogen) atoms. The second-order valence-corrected chi connectivity index (χ2v) is 7.38. The highest BCUT2D eigenvalue weighted by Crippen LogP contribution is 2.41. The van der Waals surface area contributed by atoms with Crippen LogP contribution in [0.3, 0.4) is 0 Å². The lowest BCUT2D eigenvalue weighted by Gasteiger charge is -2.22. The Morgan fingerprint density at radius 3 is 2.50 bits per heavy atom. The van der Waals surface area contributed by atoms with E-state index in [4.69, 9.17) is 4.98 Å². The molecule has 106 valence electrons. The molecule has 3 nitrogen and oxygen atoms in total. The molecule has 0 spiro atoms. The van der Waals surface area contributed by atoms with Crippen LogP contribution >= 0.6 is 31.9 Å². The minimum Gasteiger partial charge on any atom is -0.342 e. The van der Waals surface area contributed by atoms with Gasteiger partial charge in [-0.1, -0.05) is 0 Å². The van der Waals surface area contributed by atoms with Gasteiger partial charge in [0.1, 0.15) is 0 Å². The Hall–Kier alpha value is -0.550. The maximum Gasteiger partial charge on any atom is 0.206 e. The van der Waals surface area contributed by atoms with Crippen molar-refractivity contribution in [2.75, 3.05) is 18.0 Å². The Labute approximate surface area is 135 Å². The van der Waals surface area contributed by atoms with Crippen LogP contribution in [0.4, 0.5) is 5.95 Å². The van der Waals surface area contributed by atoms with Crippen LogP contribution in [0, 0.1) is 6.92 Å². The van der Waals surface area contributed by atoms with E-state index < -0.39 is 0 Å². The number of hydrogen-bond acceptors (Lipinski definition) is 2. The topological polar surface area (TPSA) is 21.1 Å². The molecule has 0 bridgehead atoms. The van der Waals surface area contributed by atoms with Crippen LogP contribution in [0.2, 0.25) is 0 Å². The fourth-order valence-corrected chi connectivity index (χ4v) is 4.64. The van der Waals surface area contributed by atoms with Gasteiger partial charge in [-0.25, -0.2) is 4.98 Å². The van der Waals surface area contributed by atoms with Crippen molar-refractivity contribution in [3.05, 3.63) is 20.1 Å². The predicted molar refractivity (Wildman–Crippen MR) is 89.6 cm³/mol. The van der Waals surface area contributed by atoms with Gasteiger partial charge in [0.25, 0.3) is 0 Å². The zero-order valence-electron chi connectivity index (χ0n) is 11.5. The third-order valence-electron chi connectivity index (χ3n) is 4.57. The molecule has 0 amide bonds. The monoisotopic (exact) mass is 397 g/mol. The molecule has 4 rings (SSSR count). The lowest BCUT2D eigenvalue weighted by atomic mass is 10.0. The molecular formula is C15H17Br2N3. The largest absolute Gasteiger partial charge is 0.342 e. The number of imidazole rings is 1. The number of halogens is 2. The van der Waals surface area contributed by atoms with Gasteiger partial charge in [0, 0.05) is 28.6 Å². The Balaban J connectivity index is 2.05. The van der Waals surface area contributed by atoms with E-state index in [0.717, 1.165) is 26.1 Å². The summed E-state index contributed by atoms with van der Waals surface area (Å²) < 4.78 is 4.83. The number of anilines is 1. The number of aromatic nitrogens is 2. The summed E-state index contributed by atoms with van der Waals surface area (Å²) in [5.41, 5.74) is 5.20. The minimum absolute atomic E-state index is 1.10. The van der Waals surface area contributed by atoms with Crippen molar-refractivity contribution in [1.29, 1.82) is 0 Å². The van der Waals surface area contributed by atoms with Gasteiger partial charge in [-0.3, -0.25) is 0 Å². The number of aryl methyl sites for hydroxylation is 3. The van der Waals surface area contributed by atoms with Gasteiger partial charge in [0.15, 0.2) is 0 Å². The van der Waals surface area contributed by atoms with Crippen LogP contribution in [0.25, 0.3) is 11.0 Å². The molecule has 1 fully saturated rings. The average Bonchev–Trinajstić information content (AvgIpc) is 3.10. The van der Waals surface area contributed by atoms with Crippen molar-refractivity contribution in [1.82, 2.24) is 9.55 Å². The third-order valence-corrected chi connectivity index (χ3v) is 6.97. The van der Waals surface area contributed by atoms with Crippen molar-refractivity contribution in [3.8, 4) is 0 Å². The lowest BCUT2D eigenvalue weighted by molar-refractivity contribution is 0.623. The van der Waals surface area contributed by atoms with Crippen molar-refractivity contribution >= 4 is 48.8 Å². The van der Waals surface area contributed by atoms with Crippen LogP contribution < -0.4 is 4.90 Å². The van der Waals surface area contributed by atoms with Gasteiger partial charge in [-0.05, 0) is 75.6 Å². The number of nitrogens with zero attached hydrogens (tertiary/aromatic N) is 3.